The van der Waals surface area contributed by atoms with Gasteiger partial charge in [-0.05, 0) is 47.6 Å². The number of amides is 1. The van der Waals surface area contributed by atoms with Gasteiger partial charge in [-0.15, -0.1) is 0 Å². The summed E-state index contributed by atoms with van der Waals surface area (Å²) >= 11 is 14.0. The molecule has 0 saturated carbocycles. The molecule has 1 amide bonds. The first-order valence-electron chi connectivity index (χ1n) is 5.61. The van der Waals surface area contributed by atoms with E-state index in [0.717, 1.165) is 12.8 Å². The lowest BCUT2D eigenvalue weighted by atomic mass is 10.1. The molecule has 1 aromatic carbocycles. The number of benzene rings is 1. The number of piperidine rings is 1. The van der Waals surface area contributed by atoms with E-state index < -0.39 is 6.10 Å². The first-order valence-corrected chi connectivity index (χ1v) is 7.44. The standard InChI is InChI=1S/C12H12Cl2INO2/c13-7-4-9(11(15)10(14)5-7)12(18)16-3-1-2-8(17)6-16/h4-5,8,17H,1-3,6H2. The van der Waals surface area contributed by atoms with Crippen LogP contribution in [0.3, 0.4) is 0 Å². The summed E-state index contributed by atoms with van der Waals surface area (Å²) in [4.78, 5) is 14.0. The fourth-order valence-electron chi connectivity index (χ4n) is 2.02. The van der Waals surface area contributed by atoms with Gasteiger partial charge in [-0.2, -0.15) is 0 Å². The number of hydrogen-bond donors (Lipinski definition) is 1. The molecule has 1 saturated heterocycles. The second kappa shape index (κ2) is 5.94. The van der Waals surface area contributed by atoms with E-state index in [1.165, 1.54) is 0 Å². The number of likely N-dealkylation sites (tertiary alicyclic amines) is 1. The Morgan fingerprint density at radius 2 is 2.17 bits per heavy atom. The van der Waals surface area contributed by atoms with Crippen molar-refractivity contribution < 1.29 is 9.90 Å². The number of carbonyl (C=O) groups excluding carboxylic acids is 1. The Hall–Kier alpha value is -0.0400. The van der Waals surface area contributed by atoms with Crippen LogP contribution in [-0.2, 0) is 0 Å². The number of aliphatic hydroxyl groups is 1. The predicted molar refractivity (Wildman–Crippen MR) is 80.3 cm³/mol. The SMILES string of the molecule is O=C(c1cc(Cl)cc(Cl)c1I)N1CCCC(O)C1. The third-order valence-electron chi connectivity index (χ3n) is 2.91. The molecule has 0 aliphatic carbocycles. The van der Waals surface area contributed by atoms with Crippen LogP contribution in [0.5, 0.6) is 0 Å². The lowest BCUT2D eigenvalue weighted by Gasteiger charge is -2.30. The lowest BCUT2D eigenvalue weighted by molar-refractivity contribution is 0.0473. The van der Waals surface area contributed by atoms with Crippen molar-refractivity contribution in [3.05, 3.63) is 31.3 Å². The molecule has 98 valence electrons. The molecule has 0 bridgehead atoms. The molecule has 18 heavy (non-hydrogen) atoms. The highest BCUT2D eigenvalue weighted by atomic mass is 127. The van der Waals surface area contributed by atoms with Gasteiger partial charge in [0.15, 0.2) is 0 Å². The van der Waals surface area contributed by atoms with Crippen LogP contribution in [0.2, 0.25) is 10.0 Å². The first-order chi connectivity index (χ1) is 8.49. The van der Waals surface area contributed by atoms with Gasteiger partial charge in [0.05, 0.1) is 16.7 Å². The van der Waals surface area contributed by atoms with Crippen LogP contribution in [0.25, 0.3) is 0 Å². The summed E-state index contributed by atoms with van der Waals surface area (Å²) in [5.41, 5.74) is 0.502. The summed E-state index contributed by atoms with van der Waals surface area (Å²) < 4.78 is 0.698. The average molecular weight is 400 g/mol. The molecule has 1 atom stereocenters. The topological polar surface area (TPSA) is 40.5 Å². The zero-order valence-corrected chi connectivity index (χ0v) is 13.2. The van der Waals surface area contributed by atoms with E-state index in [-0.39, 0.29) is 5.91 Å². The second-order valence-electron chi connectivity index (χ2n) is 4.30. The number of carbonyl (C=O) groups is 1. The van der Waals surface area contributed by atoms with Gasteiger partial charge < -0.3 is 10.0 Å². The van der Waals surface area contributed by atoms with Gasteiger partial charge in [-0.25, -0.2) is 0 Å². The van der Waals surface area contributed by atoms with E-state index in [1.807, 2.05) is 22.6 Å². The molecule has 6 heteroatoms. The fourth-order valence-corrected chi connectivity index (χ4v) is 3.06. The molecule has 1 aromatic rings. The van der Waals surface area contributed by atoms with Gasteiger partial charge in [-0.1, -0.05) is 23.2 Å². The smallest absolute Gasteiger partial charge is 0.255 e. The maximum atomic E-state index is 12.4. The largest absolute Gasteiger partial charge is 0.391 e. The molecule has 1 unspecified atom stereocenters. The van der Waals surface area contributed by atoms with Crippen LogP contribution in [0.1, 0.15) is 23.2 Å². The zero-order chi connectivity index (χ0) is 13.3. The minimum atomic E-state index is -0.435. The van der Waals surface area contributed by atoms with E-state index in [4.69, 9.17) is 23.2 Å². The van der Waals surface area contributed by atoms with Gasteiger partial charge in [0.2, 0.25) is 0 Å². The van der Waals surface area contributed by atoms with Crippen LogP contribution in [0.15, 0.2) is 12.1 Å². The molecule has 1 N–H and O–H groups in total. The highest BCUT2D eigenvalue weighted by Crippen LogP contribution is 2.28. The molecule has 0 radical (unpaired) electrons. The van der Waals surface area contributed by atoms with Crippen molar-refractivity contribution in [1.82, 2.24) is 4.90 Å². The van der Waals surface area contributed by atoms with E-state index in [2.05, 4.69) is 0 Å². The number of β-amino-alcohol motifs (C(OH)–C–C–N with tert-alkyl or cyclic N) is 1. The molecule has 0 aromatic heterocycles. The monoisotopic (exact) mass is 399 g/mol. The molecule has 2 rings (SSSR count). The van der Waals surface area contributed by atoms with E-state index in [1.54, 1.807) is 17.0 Å². The molecule has 1 aliphatic heterocycles. The lowest BCUT2D eigenvalue weighted by Crippen LogP contribution is -2.42. The summed E-state index contributed by atoms with van der Waals surface area (Å²) in [6.07, 6.45) is 1.13. The Kier molecular flexibility index (Phi) is 4.75. The summed E-state index contributed by atoms with van der Waals surface area (Å²) in [5.74, 6) is -0.123. The van der Waals surface area contributed by atoms with E-state index in [0.29, 0.717) is 32.3 Å². The zero-order valence-electron chi connectivity index (χ0n) is 9.50. The molecule has 3 nitrogen and oxygen atoms in total. The van der Waals surface area contributed by atoms with Crippen molar-refractivity contribution in [2.45, 2.75) is 18.9 Å². The molecular weight excluding hydrogens is 388 g/mol. The van der Waals surface area contributed by atoms with E-state index >= 15 is 0 Å². The van der Waals surface area contributed by atoms with Crippen LogP contribution < -0.4 is 0 Å². The molecular formula is C12H12Cl2INO2. The maximum Gasteiger partial charge on any atom is 0.255 e. The predicted octanol–water partition coefficient (Wildman–Crippen LogP) is 3.19. The number of rotatable bonds is 1. The quantitative estimate of drug-likeness (QED) is 0.582. The number of hydrogen-bond acceptors (Lipinski definition) is 2. The number of nitrogens with zero attached hydrogens (tertiary/aromatic N) is 1. The summed E-state index contributed by atoms with van der Waals surface area (Å²) in [5, 5.41) is 10.5. The van der Waals surface area contributed by atoms with E-state index in [9.17, 15) is 9.90 Å². The van der Waals surface area contributed by atoms with Gasteiger partial charge in [0.25, 0.3) is 5.91 Å². The minimum Gasteiger partial charge on any atom is -0.391 e. The summed E-state index contributed by atoms with van der Waals surface area (Å²) in [6.45, 7) is 1.04. The minimum absolute atomic E-state index is 0.123. The van der Waals surface area contributed by atoms with Crippen molar-refractivity contribution in [2.75, 3.05) is 13.1 Å². The highest BCUT2D eigenvalue weighted by molar-refractivity contribution is 14.1. The summed E-state index contributed by atoms with van der Waals surface area (Å²) in [6, 6.07) is 3.24. The fraction of sp³-hybridized carbons (Fsp3) is 0.417. The number of halogens is 3. The Balaban J connectivity index is 2.28. The molecule has 1 fully saturated rings. The Morgan fingerprint density at radius 3 is 2.83 bits per heavy atom. The number of aliphatic hydroxyl groups excluding tert-OH is 1. The summed E-state index contributed by atoms with van der Waals surface area (Å²) in [7, 11) is 0. The van der Waals surface area contributed by atoms with Crippen LogP contribution in [-0.4, -0.2) is 35.1 Å². The third-order valence-corrected chi connectivity index (χ3v) is 4.90. The Labute approximate surface area is 129 Å². The van der Waals surface area contributed by atoms with Crippen molar-refractivity contribution in [3.63, 3.8) is 0 Å². The van der Waals surface area contributed by atoms with Crippen molar-refractivity contribution in [3.8, 4) is 0 Å². The normalized spacial score (nSPS) is 20.0. The van der Waals surface area contributed by atoms with Crippen molar-refractivity contribution in [1.29, 1.82) is 0 Å². The van der Waals surface area contributed by atoms with Crippen molar-refractivity contribution in [2.24, 2.45) is 0 Å². The van der Waals surface area contributed by atoms with Gasteiger partial charge >= 0.3 is 0 Å². The van der Waals surface area contributed by atoms with Crippen molar-refractivity contribution >= 4 is 51.7 Å². The Morgan fingerprint density at radius 1 is 1.44 bits per heavy atom. The second-order valence-corrected chi connectivity index (χ2v) is 6.22. The van der Waals surface area contributed by atoms with Gasteiger partial charge in [0, 0.05) is 21.7 Å². The van der Waals surface area contributed by atoms with Crippen LogP contribution >= 0.6 is 45.8 Å². The van der Waals surface area contributed by atoms with Crippen LogP contribution in [0.4, 0.5) is 0 Å². The van der Waals surface area contributed by atoms with Crippen LogP contribution in [0, 0.1) is 3.57 Å². The molecule has 1 heterocycles. The molecule has 0 spiro atoms. The first kappa shape index (κ1) is 14.4. The average Bonchev–Trinajstić information content (AvgIpc) is 2.33. The van der Waals surface area contributed by atoms with Gasteiger partial charge in [-0.3, -0.25) is 4.79 Å². The maximum absolute atomic E-state index is 12.4. The molecule has 1 aliphatic rings. The Bertz CT molecular complexity index is 481. The van der Waals surface area contributed by atoms with Gasteiger partial charge in [0.1, 0.15) is 0 Å². The highest BCUT2D eigenvalue weighted by Gasteiger charge is 2.25. The third kappa shape index (κ3) is 3.10.